The maximum absolute atomic E-state index is 13.0. The number of nitrogens with zero attached hydrogens (tertiary/aromatic N) is 3. The third-order valence-corrected chi connectivity index (χ3v) is 5.53. The standard InChI is InChI=1S/C19H23F3N4O2S.C2H6/c1-5-25(16-9-6-13(2)7-10-16)24-15(4)17-12-14(3)8-11-18(17)26(23)29(27,28)19(20,21)22;1-2/h6-12H,5,23H2,1-4H3;1-2H3/b24-15+;. The first kappa shape index (κ1) is 26.4. The molecule has 172 valence electrons. The smallest absolute Gasteiger partial charge is 0.266 e. The van der Waals surface area contributed by atoms with Crippen molar-refractivity contribution in [2.24, 2.45) is 10.9 Å². The highest BCUT2D eigenvalue weighted by molar-refractivity contribution is 7.93. The number of rotatable bonds is 6. The Balaban J connectivity index is 0.00000233. The molecule has 0 unspecified atom stereocenters. The molecule has 0 saturated carbocycles. The quantitative estimate of drug-likeness (QED) is 0.371. The average Bonchev–Trinajstić information content (AvgIpc) is 2.72. The molecular weight excluding hydrogens is 429 g/mol. The highest BCUT2D eigenvalue weighted by Gasteiger charge is 2.50. The second-order valence-corrected chi connectivity index (χ2v) is 8.31. The lowest BCUT2D eigenvalue weighted by atomic mass is 10.1. The lowest BCUT2D eigenvalue weighted by Crippen LogP contribution is -2.46. The Kier molecular flexibility index (Phi) is 9.07. The lowest BCUT2D eigenvalue weighted by molar-refractivity contribution is -0.0438. The zero-order chi connectivity index (χ0) is 24.0. The van der Waals surface area contributed by atoms with Crippen molar-refractivity contribution in [3.05, 3.63) is 59.2 Å². The molecule has 0 aliphatic carbocycles. The van der Waals surface area contributed by atoms with Crippen LogP contribution in [0.1, 0.15) is 44.4 Å². The molecular formula is C21H29F3N4O2S. The van der Waals surface area contributed by atoms with E-state index in [0.29, 0.717) is 12.3 Å². The summed E-state index contributed by atoms with van der Waals surface area (Å²) in [6, 6.07) is 11.8. The molecule has 2 rings (SSSR count). The number of hydrazone groups is 1. The van der Waals surface area contributed by atoms with Gasteiger partial charge in [-0.1, -0.05) is 43.2 Å². The van der Waals surface area contributed by atoms with E-state index in [-0.39, 0.29) is 15.7 Å². The van der Waals surface area contributed by atoms with Crippen LogP contribution < -0.4 is 15.3 Å². The van der Waals surface area contributed by atoms with Crippen molar-refractivity contribution in [1.29, 1.82) is 0 Å². The van der Waals surface area contributed by atoms with Crippen molar-refractivity contribution >= 4 is 27.1 Å². The van der Waals surface area contributed by atoms with E-state index in [1.165, 1.54) is 12.1 Å². The zero-order valence-electron chi connectivity index (χ0n) is 18.5. The number of halogens is 3. The fraction of sp³-hybridized carbons (Fsp3) is 0.381. The van der Waals surface area contributed by atoms with Gasteiger partial charge in [-0.3, -0.25) is 5.01 Å². The maximum atomic E-state index is 13.0. The first-order chi connectivity index (χ1) is 14.4. The zero-order valence-corrected chi connectivity index (χ0v) is 19.3. The lowest BCUT2D eigenvalue weighted by Gasteiger charge is -2.24. The van der Waals surface area contributed by atoms with Gasteiger partial charge < -0.3 is 0 Å². The van der Waals surface area contributed by atoms with E-state index < -0.39 is 15.5 Å². The van der Waals surface area contributed by atoms with Crippen molar-refractivity contribution in [3.63, 3.8) is 0 Å². The molecule has 0 aromatic heterocycles. The minimum absolute atomic E-state index is 0.186. The van der Waals surface area contributed by atoms with Crippen LogP contribution in [0.25, 0.3) is 0 Å². The van der Waals surface area contributed by atoms with Gasteiger partial charge in [-0.2, -0.15) is 31.1 Å². The summed E-state index contributed by atoms with van der Waals surface area (Å²) in [7, 11) is -5.75. The number of aryl methyl sites for hydroxylation is 2. The molecule has 0 atom stereocenters. The molecule has 0 radical (unpaired) electrons. The summed E-state index contributed by atoms with van der Waals surface area (Å²) in [5.74, 6) is 5.40. The number of hydrogen-bond donors (Lipinski definition) is 1. The van der Waals surface area contributed by atoms with Crippen LogP contribution in [0.5, 0.6) is 0 Å². The Morgan fingerprint density at radius 1 is 1.03 bits per heavy atom. The Hall–Kier alpha value is -2.59. The van der Waals surface area contributed by atoms with Crippen LogP contribution in [0.4, 0.5) is 24.5 Å². The average molecular weight is 459 g/mol. The molecule has 0 amide bonds. The van der Waals surface area contributed by atoms with Gasteiger partial charge >= 0.3 is 15.5 Å². The molecule has 0 aliphatic heterocycles. The first-order valence-corrected chi connectivity index (χ1v) is 11.2. The van der Waals surface area contributed by atoms with Gasteiger partial charge in [-0.25, -0.2) is 5.84 Å². The fourth-order valence-corrected chi connectivity index (χ4v) is 3.28. The summed E-state index contributed by atoms with van der Waals surface area (Å²) < 4.78 is 62.1. The van der Waals surface area contributed by atoms with E-state index in [1.807, 2.05) is 52.0 Å². The van der Waals surface area contributed by atoms with Crippen LogP contribution in [0, 0.1) is 13.8 Å². The Morgan fingerprint density at radius 2 is 1.55 bits per heavy atom. The summed E-state index contributed by atoms with van der Waals surface area (Å²) in [5.41, 5.74) is -2.75. The second-order valence-electron chi connectivity index (χ2n) is 6.50. The normalized spacial score (nSPS) is 12.1. The number of alkyl halides is 3. The van der Waals surface area contributed by atoms with Crippen molar-refractivity contribution in [2.75, 3.05) is 16.0 Å². The predicted molar refractivity (Wildman–Crippen MR) is 121 cm³/mol. The largest absolute Gasteiger partial charge is 0.518 e. The summed E-state index contributed by atoms with van der Waals surface area (Å²) in [6.07, 6.45) is 0. The number of sulfonamides is 1. The molecule has 10 heteroatoms. The summed E-state index contributed by atoms with van der Waals surface area (Å²) in [4.78, 5) is 0. The van der Waals surface area contributed by atoms with E-state index in [9.17, 15) is 21.6 Å². The molecule has 0 heterocycles. The van der Waals surface area contributed by atoms with E-state index in [4.69, 9.17) is 5.84 Å². The number of hydrogen-bond acceptors (Lipinski definition) is 5. The number of nitrogens with two attached hydrogens (primary N) is 1. The Bertz CT molecular complexity index is 1000. The van der Waals surface area contributed by atoms with Gasteiger partial charge in [0.1, 0.15) is 0 Å². The molecule has 0 fully saturated rings. The van der Waals surface area contributed by atoms with E-state index in [1.54, 1.807) is 24.9 Å². The number of anilines is 2. The van der Waals surface area contributed by atoms with E-state index in [0.717, 1.165) is 16.8 Å². The Morgan fingerprint density at radius 3 is 2.03 bits per heavy atom. The SMILES string of the molecule is CC.CCN(/N=C(\C)c1cc(C)ccc1N(N)S(=O)(=O)C(F)(F)F)c1ccc(C)cc1. The number of hydrazine groups is 1. The summed E-state index contributed by atoms with van der Waals surface area (Å²) in [5, 5.41) is 6.15. The molecule has 2 aromatic carbocycles. The van der Waals surface area contributed by atoms with Crippen molar-refractivity contribution in [2.45, 2.75) is 47.1 Å². The van der Waals surface area contributed by atoms with Gasteiger partial charge in [0, 0.05) is 12.1 Å². The van der Waals surface area contributed by atoms with Crippen LogP contribution in [0.15, 0.2) is 47.6 Å². The molecule has 6 nitrogen and oxygen atoms in total. The van der Waals surface area contributed by atoms with Crippen molar-refractivity contribution in [1.82, 2.24) is 0 Å². The van der Waals surface area contributed by atoms with Gasteiger partial charge in [0.15, 0.2) is 0 Å². The predicted octanol–water partition coefficient (Wildman–Crippen LogP) is 5.11. The molecule has 0 saturated heterocycles. The third-order valence-electron chi connectivity index (χ3n) is 4.23. The van der Waals surface area contributed by atoms with Crippen molar-refractivity contribution < 1.29 is 21.6 Å². The highest BCUT2D eigenvalue weighted by atomic mass is 32.2. The monoisotopic (exact) mass is 458 g/mol. The topological polar surface area (TPSA) is 79.0 Å². The van der Waals surface area contributed by atoms with Gasteiger partial charge in [-0.05, 0) is 52.0 Å². The Labute approximate surface area is 182 Å². The molecule has 0 bridgehead atoms. The fourth-order valence-electron chi connectivity index (χ4n) is 2.64. The maximum Gasteiger partial charge on any atom is 0.518 e. The first-order valence-electron chi connectivity index (χ1n) is 9.75. The second kappa shape index (κ2) is 10.6. The number of benzene rings is 2. The molecule has 31 heavy (non-hydrogen) atoms. The third kappa shape index (κ3) is 6.20. The van der Waals surface area contributed by atoms with Crippen LogP contribution in [-0.4, -0.2) is 26.2 Å². The van der Waals surface area contributed by atoms with Gasteiger partial charge in [0.25, 0.3) is 0 Å². The highest BCUT2D eigenvalue weighted by Crippen LogP contribution is 2.31. The molecule has 0 spiro atoms. The van der Waals surface area contributed by atoms with Crippen LogP contribution in [0.2, 0.25) is 0 Å². The summed E-state index contributed by atoms with van der Waals surface area (Å²) >= 11 is 0. The molecule has 0 aliphatic rings. The minimum Gasteiger partial charge on any atom is -0.266 e. The van der Waals surface area contributed by atoms with Gasteiger partial charge in [-0.15, -0.1) is 0 Å². The molecule has 2 aromatic rings. The van der Waals surface area contributed by atoms with Crippen LogP contribution in [0.3, 0.4) is 0 Å². The van der Waals surface area contributed by atoms with Gasteiger partial charge in [0.05, 0.1) is 17.1 Å². The minimum atomic E-state index is -5.75. The van der Waals surface area contributed by atoms with Crippen molar-refractivity contribution in [3.8, 4) is 0 Å². The van der Waals surface area contributed by atoms with E-state index >= 15 is 0 Å². The van der Waals surface area contributed by atoms with Crippen LogP contribution in [-0.2, 0) is 10.0 Å². The van der Waals surface area contributed by atoms with Gasteiger partial charge in [0.2, 0.25) is 0 Å². The van der Waals surface area contributed by atoms with Crippen LogP contribution >= 0.6 is 0 Å². The van der Waals surface area contributed by atoms with E-state index in [2.05, 4.69) is 5.10 Å². The molecule has 2 N–H and O–H groups in total. The summed E-state index contributed by atoms with van der Waals surface area (Å²) in [6.45, 7) is 11.6.